The number of halogens is 3. The Hall–Kier alpha value is -2.28. The number of aryl methyl sites for hydroxylation is 1. The van der Waals surface area contributed by atoms with E-state index in [1.807, 2.05) is 19.1 Å². The molecule has 0 atom stereocenters. The smallest absolute Gasteiger partial charge is 0.372 e. The van der Waals surface area contributed by atoms with Crippen molar-refractivity contribution in [3.05, 3.63) is 53.6 Å². The van der Waals surface area contributed by atoms with Crippen molar-refractivity contribution in [1.29, 1.82) is 0 Å². The largest absolute Gasteiger partial charge is 0.416 e. The molecule has 0 bridgehead atoms. The Balaban J connectivity index is 2.09. The molecule has 2 N–H and O–H groups in total. The summed E-state index contributed by atoms with van der Waals surface area (Å²) in [7, 11) is 0. The Morgan fingerprint density at radius 3 is 2.31 bits per heavy atom. The second kappa shape index (κ2) is 8.40. The van der Waals surface area contributed by atoms with Gasteiger partial charge in [0.1, 0.15) is 0 Å². The van der Waals surface area contributed by atoms with Crippen molar-refractivity contribution in [1.82, 2.24) is 0 Å². The summed E-state index contributed by atoms with van der Waals surface area (Å²) in [6.45, 7) is 7.98. The molecule has 0 aliphatic heterocycles. The standard InChI is InChI=1S/C19H22F3N3S/c1-4-25(5-2)16-9-10-17(13(3)11-16)24-18(26)23-15-8-6-7-14(12-15)19(20,21)22/h6-12H,4-5H2,1-3H3,(H2,23,24,26). The molecule has 0 saturated heterocycles. The predicted octanol–water partition coefficient (Wildman–Crippen LogP) is 5.67. The molecule has 0 heterocycles. The van der Waals surface area contributed by atoms with Crippen LogP contribution in [0.5, 0.6) is 0 Å². The van der Waals surface area contributed by atoms with E-state index in [-0.39, 0.29) is 10.8 Å². The lowest BCUT2D eigenvalue weighted by atomic mass is 10.1. The molecule has 0 fully saturated rings. The van der Waals surface area contributed by atoms with Gasteiger partial charge in [0.15, 0.2) is 5.11 Å². The van der Waals surface area contributed by atoms with Crippen LogP contribution in [0.3, 0.4) is 0 Å². The quantitative estimate of drug-likeness (QED) is 0.653. The second-order valence-electron chi connectivity index (χ2n) is 5.83. The second-order valence-corrected chi connectivity index (χ2v) is 6.24. The van der Waals surface area contributed by atoms with Crippen LogP contribution >= 0.6 is 12.2 Å². The Labute approximate surface area is 157 Å². The number of hydrogen-bond acceptors (Lipinski definition) is 2. The van der Waals surface area contributed by atoms with Crippen molar-refractivity contribution in [3.63, 3.8) is 0 Å². The van der Waals surface area contributed by atoms with E-state index in [2.05, 4.69) is 35.4 Å². The SMILES string of the molecule is CCN(CC)c1ccc(NC(=S)Nc2cccc(C(F)(F)F)c2)c(C)c1. The molecule has 2 aromatic carbocycles. The maximum absolute atomic E-state index is 12.8. The molecule has 0 radical (unpaired) electrons. The fourth-order valence-corrected chi connectivity index (χ4v) is 2.86. The zero-order valence-electron chi connectivity index (χ0n) is 14.9. The van der Waals surface area contributed by atoms with Gasteiger partial charge in [0.05, 0.1) is 5.56 Å². The molecule has 3 nitrogen and oxygen atoms in total. The summed E-state index contributed by atoms with van der Waals surface area (Å²) in [5.74, 6) is 0. The first kappa shape index (κ1) is 20.0. The van der Waals surface area contributed by atoms with E-state index in [1.165, 1.54) is 6.07 Å². The Bertz CT molecular complexity index is 771. The first-order valence-electron chi connectivity index (χ1n) is 8.35. The first-order chi connectivity index (χ1) is 12.2. The summed E-state index contributed by atoms with van der Waals surface area (Å²) in [6.07, 6.45) is -4.39. The van der Waals surface area contributed by atoms with E-state index in [0.29, 0.717) is 0 Å². The zero-order chi connectivity index (χ0) is 19.3. The van der Waals surface area contributed by atoms with Gasteiger partial charge in [-0.05, 0) is 75.0 Å². The highest BCUT2D eigenvalue weighted by Crippen LogP contribution is 2.30. The Kier molecular flexibility index (Phi) is 6.47. The minimum atomic E-state index is -4.39. The fourth-order valence-electron chi connectivity index (χ4n) is 2.63. The minimum absolute atomic E-state index is 0.239. The van der Waals surface area contributed by atoms with Crippen LogP contribution in [0.1, 0.15) is 25.0 Å². The van der Waals surface area contributed by atoms with Crippen LogP contribution in [-0.4, -0.2) is 18.2 Å². The molecule has 26 heavy (non-hydrogen) atoms. The van der Waals surface area contributed by atoms with Gasteiger partial charge in [-0.1, -0.05) is 6.07 Å². The summed E-state index contributed by atoms with van der Waals surface area (Å²) in [5, 5.41) is 6.08. The Morgan fingerprint density at radius 1 is 1.04 bits per heavy atom. The molecule has 0 spiro atoms. The third-order valence-corrected chi connectivity index (χ3v) is 4.24. The average Bonchev–Trinajstić information content (AvgIpc) is 2.58. The van der Waals surface area contributed by atoms with Crippen LogP contribution in [0.2, 0.25) is 0 Å². The highest BCUT2D eigenvalue weighted by molar-refractivity contribution is 7.80. The van der Waals surface area contributed by atoms with Gasteiger partial charge < -0.3 is 15.5 Å². The van der Waals surface area contributed by atoms with Crippen molar-refractivity contribution in [2.75, 3.05) is 28.6 Å². The van der Waals surface area contributed by atoms with E-state index in [4.69, 9.17) is 12.2 Å². The van der Waals surface area contributed by atoms with E-state index in [9.17, 15) is 13.2 Å². The molecule has 0 aromatic heterocycles. The molecule has 0 aliphatic carbocycles. The molecular formula is C19H22F3N3S. The van der Waals surface area contributed by atoms with Crippen molar-refractivity contribution >= 4 is 34.4 Å². The van der Waals surface area contributed by atoms with E-state index in [0.717, 1.165) is 42.2 Å². The topological polar surface area (TPSA) is 27.3 Å². The van der Waals surface area contributed by atoms with Gasteiger partial charge in [-0.15, -0.1) is 0 Å². The zero-order valence-corrected chi connectivity index (χ0v) is 15.8. The number of hydrogen-bond donors (Lipinski definition) is 2. The summed E-state index contributed by atoms with van der Waals surface area (Å²) >= 11 is 5.23. The van der Waals surface area contributed by atoms with Crippen LogP contribution in [0.15, 0.2) is 42.5 Å². The van der Waals surface area contributed by atoms with E-state index < -0.39 is 11.7 Å². The Morgan fingerprint density at radius 2 is 1.73 bits per heavy atom. The van der Waals surface area contributed by atoms with Gasteiger partial charge in [0.2, 0.25) is 0 Å². The van der Waals surface area contributed by atoms with Gasteiger partial charge in [-0.3, -0.25) is 0 Å². The van der Waals surface area contributed by atoms with Crippen LogP contribution in [0.25, 0.3) is 0 Å². The lowest BCUT2D eigenvalue weighted by Crippen LogP contribution is -2.22. The molecule has 2 rings (SSSR count). The first-order valence-corrected chi connectivity index (χ1v) is 8.76. The number of thiocarbonyl (C=S) groups is 1. The number of rotatable bonds is 5. The predicted molar refractivity (Wildman–Crippen MR) is 106 cm³/mol. The van der Waals surface area contributed by atoms with Gasteiger partial charge in [0, 0.05) is 30.2 Å². The number of benzene rings is 2. The number of nitrogens with one attached hydrogen (secondary N) is 2. The average molecular weight is 381 g/mol. The van der Waals surface area contributed by atoms with Crippen molar-refractivity contribution in [2.24, 2.45) is 0 Å². The van der Waals surface area contributed by atoms with Crippen LogP contribution in [0, 0.1) is 6.92 Å². The summed E-state index contributed by atoms with van der Waals surface area (Å²) in [4.78, 5) is 2.23. The van der Waals surface area contributed by atoms with Crippen LogP contribution in [-0.2, 0) is 6.18 Å². The van der Waals surface area contributed by atoms with Crippen molar-refractivity contribution in [2.45, 2.75) is 26.9 Å². The summed E-state index contributed by atoms with van der Waals surface area (Å²) < 4.78 is 38.4. The van der Waals surface area contributed by atoms with Crippen LogP contribution < -0.4 is 15.5 Å². The molecule has 0 unspecified atom stereocenters. The van der Waals surface area contributed by atoms with Gasteiger partial charge >= 0.3 is 6.18 Å². The summed E-state index contributed by atoms with van der Waals surface area (Å²) in [5.41, 5.74) is 2.50. The lowest BCUT2D eigenvalue weighted by molar-refractivity contribution is -0.137. The van der Waals surface area contributed by atoms with Crippen molar-refractivity contribution in [3.8, 4) is 0 Å². The van der Waals surface area contributed by atoms with Gasteiger partial charge in [-0.2, -0.15) is 13.2 Å². The molecule has 0 amide bonds. The number of anilines is 3. The van der Waals surface area contributed by atoms with Crippen LogP contribution in [0.4, 0.5) is 30.2 Å². The molecule has 0 aliphatic rings. The van der Waals surface area contributed by atoms with Gasteiger partial charge in [0.25, 0.3) is 0 Å². The monoisotopic (exact) mass is 381 g/mol. The highest BCUT2D eigenvalue weighted by atomic mass is 32.1. The maximum atomic E-state index is 12.8. The summed E-state index contributed by atoms with van der Waals surface area (Å²) in [6, 6.07) is 10.9. The third kappa shape index (κ3) is 5.11. The molecule has 0 saturated carbocycles. The number of nitrogens with zero attached hydrogens (tertiary/aromatic N) is 1. The molecule has 7 heteroatoms. The third-order valence-electron chi connectivity index (χ3n) is 4.03. The minimum Gasteiger partial charge on any atom is -0.372 e. The van der Waals surface area contributed by atoms with E-state index >= 15 is 0 Å². The highest BCUT2D eigenvalue weighted by Gasteiger charge is 2.30. The lowest BCUT2D eigenvalue weighted by Gasteiger charge is -2.22. The van der Waals surface area contributed by atoms with Crippen molar-refractivity contribution < 1.29 is 13.2 Å². The maximum Gasteiger partial charge on any atom is 0.416 e. The van der Waals surface area contributed by atoms with Gasteiger partial charge in [-0.25, -0.2) is 0 Å². The molecule has 140 valence electrons. The number of alkyl halides is 3. The fraction of sp³-hybridized carbons (Fsp3) is 0.316. The molecule has 2 aromatic rings. The molecular weight excluding hydrogens is 359 g/mol. The van der Waals surface area contributed by atoms with E-state index in [1.54, 1.807) is 6.07 Å². The normalized spacial score (nSPS) is 11.2.